The van der Waals surface area contributed by atoms with Crippen molar-refractivity contribution in [3.05, 3.63) is 24.0 Å². The van der Waals surface area contributed by atoms with Crippen molar-refractivity contribution >= 4 is 6.09 Å². The highest BCUT2D eigenvalue weighted by Crippen LogP contribution is 2.10. The van der Waals surface area contributed by atoms with Crippen LogP contribution >= 0.6 is 0 Å². The lowest BCUT2D eigenvalue weighted by atomic mass is 10.3. The topological polar surface area (TPSA) is 91.7 Å². The number of aliphatic hydroxyl groups is 2. The first-order valence-electron chi connectivity index (χ1n) is 4.38. The van der Waals surface area contributed by atoms with Gasteiger partial charge in [0.2, 0.25) is 0 Å². The van der Waals surface area contributed by atoms with E-state index in [1.54, 1.807) is 0 Å². The summed E-state index contributed by atoms with van der Waals surface area (Å²) in [4.78, 5) is 14.9. The van der Waals surface area contributed by atoms with E-state index in [9.17, 15) is 4.79 Å². The van der Waals surface area contributed by atoms with Crippen LogP contribution in [-0.2, 0) is 6.61 Å². The molecule has 0 bridgehead atoms. The molecule has 0 aromatic carbocycles. The van der Waals surface area contributed by atoms with Gasteiger partial charge in [-0.25, -0.2) is 4.79 Å². The zero-order valence-electron chi connectivity index (χ0n) is 8.01. The molecule has 0 radical (unpaired) electrons. The standard InChI is InChI=1S/C9H12N2O4/c12-4-3-11-9(14)15-8-1-2-10-7(5-8)6-13/h1-2,5,12-13H,3-4,6H2,(H,11,14). The highest BCUT2D eigenvalue weighted by molar-refractivity contribution is 5.70. The molecule has 0 aliphatic carbocycles. The van der Waals surface area contributed by atoms with Crippen molar-refractivity contribution < 1.29 is 19.7 Å². The fourth-order valence-electron chi connectivity index (χ4n) is 0.907. The number of aliphatic hydroxyl groups excluding tert-OH is 2. The average molecular weight is 212 g/mol. The number of ether oxygens (including phenoxy) is 1. The van der Waals surface area contributed by atoms with E-state index in [2.05, 4.69) is 10.3 Å². The number of pyridine rings is 1. The maximum Gasteiger partial charge on any atom is 0.412 e. The number of aromatic nitrogens is 1. The molecule has 1 heterocycles. The Kier molecular flexibility index (Phi) is 4.52. The SMILES string of the molecule is O=C(NCCO)Oc1ccnc(CO)c1. The smallest absolute Gasteiger partial charge is 0.410 e. The second-order valence-electron chi connectivity index (χ2n) is 2.68. The average Bonchev–Trinajstić information content (AvgIpc) is 2.26. The summed E-state index contributed by atoms with van der Waals surface area (Å²) in [6.45, 7) is -0.223. The minimum atomic E-state index is -0.654. The van der Waals surface area contributed by atoms with Gasteiger partial charge in [0.15, 0.2) is 0 Å². The van der Waals surface area contributed by atoms with Gasteiger partial charge in [0.05, 0.1) is 18.9 Å². The van der Waals surface area contributed by atoms with E-state index in [0.29, 0.717) is 11.4 Å². The Hall–Kier alpha value is -1.66. The van der Waals surface area contributed by atoms with Crippen LogP contribution in [-0.4, -0.2) is 34.4 Å². The summed E-state index contributed by atoms with van der Waals surface area (Å²) < 4.78 is 4.85. The van der Waals surface area contributed by atoms with Gasteiger partial charge < -0.3 is 20.3 Å². The number of hydrogen-bond donors (Lipinski definition) is 3. The number of hydrogen-bond acceptors (Lipinski definition) is 5. The molecule has 1 amide bonds. The Balaban J connectivity index is 2.52. The molecule has 3 N–H and O–H groups in total. The van der Waals surface area contributed by atoms with Gasteiger partial charge in [-0.3, -0.25) is 4.98 Å². The van der Waals surface area contributed by atoms with E-state index in [-0.39, 0.29) is 19.8 Å². The Labute approximate surface area is 86.5 Å². The second kappa shape index (κ2) is 5.94. The molecule has 0 atom stereocenters. The first kappa shape index (κ1) is 11.4. The summed E-state index contributed by atoms with van der Waals surface area (Å²) in [6.07, 6.45) is 0.777. The second-order valence-corrected chi connectivity index (χ2v) is 2.68. The van der Waals surface area contributed by atoms with Crippen LogP contribution < -0.4 is 10.1 Å². The maximum absolute atomic E-state index is 11.0. The molecular formula is C9H12N2O4. The summed E-state index contributed by atoms with van der Waals surface area (Å²) in [5, 5.41) is 19.6. The molecule has 6 heteroatoms. The summed E-state index contributed by atoms with van der Waals surface area (Å²) in [5.74, 6) is 0.296. The molecule has 0 spiro atoms. The van der Waals surface area contributed by atoms with E-state index in [1.165, 1.54) is 18.3 Å². The number of amides is 1. The van der Waals surface area contributed by atoms with E-state index in [0.717, 1.165) is 0 Å². The zero-order chi connectivity index (χ0) is 11.1. The molecule has 1 rings (SSSR count). The maximum atomic E-state index is 11.0. The van der Waals surface area contributed by atoms with Gasteiger partial charge in [-0.2, -0.15) is 0 Å². The highest BCUT2D eigenvalue weighted by Gasteiger charge is 2.03. The van der Waals surface area contributed by atoms with Crippen molar-refractivity contribution in [2.75, 3.05) is 13.2 Å². The number of nitrogens with one attached hydrogen (secondary N) is 1. The van der Waals surface area contributed by atoms with Crippen LogP contribution in [0, 0.1) is 0 Å². The monoisotopic (exact) mass is 212 g/mol. The molecule has 0 aliphatic rings. The molecule has 0 unspecified atom stereocenters. The minimum Gasteiger partial charge on any atom is -0.410 e. The Morgan fingerprint density at radius 1 is 1.53 bits per heavy atom. The van der Waals surface area contributed by atoms with Gasteiger partial charge in [-0.1, -0.05) is 0 Å². The van der Waals surface area contributed by atoms with E-state index in [4.69, 9.17) is 14.9 Å². The Morgan fingerprint density at radius 3 is 3.00 bits per heavy atom. The molecule has 82 valence electrons. The van der Waals surface area contributed by atoms with E-state index >= 15 is 0 Å². The lowest BCUT2D eigenvalue weighted by Gasteiger charge is -2.05. The van der Waals surface area contributed by atoms with Crippen molar-refractivity contribution in [1.82, 2.24) is 10.3 Å². The summed E-state index contributed by atoms with van der Waals surface area (Å²) in [5.41, 5.74) is 0.419. The Morgan fingerprint density at radius 2 is 2.33 bits per heavy atom. The highest BCUT2D eigenvalue weighted by atomic mass is 16.6. The number of nitrogens with zero attached hydrogens (tertiary/aromatic N) is 1. The van der Waals surface area contributed by atoms with Crippen molar-refractivity contribution in [3.8, 4) is 5.75 Å². The lowest BCUT2D eigenvalue weighted by Crippen LogP contribution is -2.29. The molecule has 6 nitrogen and oxygen atoms in total. The number of carbonyl (C=O) groups excluding carboxylic acids is 1. The molecule has 1 aromatic rings. The number of carbonyl (C=O) groups is 1. The van der Waals surface area contributed by atoms with Crippen LogP contribution in [0.4, 0.5) is 4.79 Å². The molecule has 15 heavy (non-hydrogen) atoms. The third-order valence-corrected chi connectivity index (χ3v) is 1.54. The Bertz CT molecular complexity index is 330. The van der Waals surface area contributed by atoms with Crippen LogP contribution in [0.15, 0.2) is 18.3 Å². The normalized spacial score (nSPS) is 9.73. The van der Waals surface area contributed by atoms with E-state index in [1.807, 2.05) is 0 Å². The minimum absolute atomic E-state index is 0.136. The lowest BCUT2D eigenvalue weighted by molar-refractivity contribution is 0.195. The van der Waals surface area contributed by atoms with Gasteiger partial charge in [0.1, 0.15) is 5.75 Å². The molecule has 0 saturated carbocycles. The third kappa shape index (κ3) is 3.92. The van der Waals surface area contributed by atoms with Gasteiger partial charge in [-0.05, 0) is 6.07 Å². The largest absolute Gasteiger partial charge is 0.412 e. The van der Waals surface area contributed by atoms with Crippen LogP contribution in [0.3, 0.4) is 0 Å². The van der Waals surface area contributed by atoms with Gasteiger partial charge in [0, 0.05) is 18.8 Å². The van der Waals surface area contributed by atoms with Crippen molar-refractivity contribution in [3.63, 3.8) is 0 Å². The van der Waals surface area contributed by atoms with Crippen molar-refractivity contribution in [1.29, 1.82) is 0 Å². The van der Waals surface area contributed by atoms with Crippen LogP contribution in [0.25, 0.3) is 0 Å². The van der Waals surface area contributed by atoms with Crippen molar-refractivity contribution in [2.24, 2.45) is 0 Å². The summed E-state index contributed by atoms with van der Waals surface area (Å²) in [6, 6.07) is 2.95. The van der Waals surface area contributed by atoms with Crippen LogP contribution in [0.2, 0.25) is 0 Å². The summed E-state index contributed by atoms with van der Waals surface area (Å²) in [7, 11) is 0. The summed E-state index contributed by atoms with van der Waals surface area (Å²) >= 11 is 0. The first-order chi connectivity index (χ1) is 7.26. The predicted octanol–water partition coefficient (Wildman–Crippen LogP) is -0.345. The van der Waals surface area contributed by atoms with E-state index < -0.39 is 6.09 Å². The van der Waals surface area contributed by atoms with Crippen LogP contribution in [0.5, 0.6) is 5.75 Å². The molecular weight excluding hydrogens is 200 g/mol. The third-order valence-electron chi connectivity index (χ3n) is 1.54. The van der Waals surface area contributed by atoms with Crippen LogP contribution in [0.1, 0.15) is 5.69 Å². The molecule has 1 aromatic heterocycles. The zero-order valence-corrected chi connectivity index (χ0v) is 8.01. The predicted molar refractivity (Wildman–Crippen MR) is 51.3 cm³/mol. The quantitative estimate of drug-likeness (QED) is 0.634. The molecule has 0 saturated heterocycles. The van der Waals surface area contributed by atoms with Gasteiger partial charge in [-0.15, -0.1) is 0 Å². The molecule has 0 aliphatic heterocycles. The number of rotatable bonds is 4. The fourth-order valence-corrected chi connectivity index (χ4v) is 0.907. The first-order valence-corrected chi connectivity index (χ1v) is 4.38. The van der Waals surface area contributed by atoms with Gasteiger partial charge >= 0.3 is 6.09 Å². The fraction of sp³-hybridized carbons (Fsp3) is 0.333. The van der Waals surface area contributed by atoms with Gasteiger partial charge in [0.25, 0.3) is 0 Å². The van der Waals surface area contributed by atoms with Crippen molar-refractivity contribution in [2.45, 2.75) is 6.61 Å². The molecule has 0 fully saturated rings.